The molecule has 0 spiro atoms. The smallest absolute Gasteiger partial charge is 0.240 e. The normalized spacial score (nSPS) is 11.6. The largest absolute Gasteiger partial charge is 0.383 e. The van der Waals surface area contributed by atoms with Crippen LogP contribution in [0.1, 0.15) is 5.56 Å². The molecule has 0 heterocycles. The van der Waals surface area contributed by atoms with E-state index >= 15 is 0 Å². The predicted molar refractivity (Wildman–Crippen MR) is 57.1 cm³/mol. The fourth-order valence-electron chi connectivity index (χ4n) is 1.16. The lowest BCUT2D eigenvalue weighted by Crippen LogP contribution is -2.27. The van der Waals surface area contributed by atoms with Crippen LogP contribution in [0.3, 0.4) is 0 Å². The summed E-state index contributed by atoms with van der Waals surface area (Å²) in [7, 11) is -1.89. The van der Waals surface area contributed by atoms with Crippen molar-refractivity contribution in [2.45, 2.75) is 11.8 Å². The number of aryl methyl sites for hydroxylation is 1. The monoisotopic (exact) mass is 228 g/mol. The third kappa shape index (κ3) is 3.30. The van der Waals surface area contributed by atoms with Crippen molar-refractivity contribution in [3.05, 3.63) is 29.8 Å². The Morgan fingerprint density at radius 1 is 1.53 bits per heavy atom. The molecule has 15 heavy (non-hydrogen) atoms. The van der Waals surface area contributed by atoms with Crippen LogP contribution in [0.4, 0.5) is 0 Å². The molecule has 4 nitrogen and oxygen atoms in total. The molecule has 0 aromatic heterocycles. The second-order valence-corrected chi connectivity index (χ2v) is 4.82. The predicted octanol–water partition coefficient (Wildman–Crippen LogP) is 0.720. The maximum atomic E-state index is 11.7. The molecule has 0 fully saturated rings. The highest BCUT2D eigenvalue weighted by Gasteiger charge is 2.14. The third-order valence-corrected chi connectivity index (χ3v) is 3.53. The van der Waals surface area contributed by atoms with E-state index in [4.69, 9.17) is 4.74 Å². The van der Waals surface area contributed by atoms with Gasteiger partial charge in [0.15, 0.2) is 0 Å². The van der Waals surface area contributed by atoms with Crippen molar-refractivity contribution in [1.82, 2.24) is 4.72 Å². The third-order valence-electron chi connectivity index (χ3n) is 1.91. The van der Waals surface area contributed by atoms with Crippen molar-refractivity contribution >= 4 is 10.0 Å². The van der Waals surface area contributed by atoms with Crippen molar-refractivity contribution < 1.29 is 13.2 Å². The Morgan fingerprint density at radius 2 is 2.27 bits per heavy atom. The molecule has 0 bridgehead atoms. The molecule has 0 aliphatic rings. The lowest BCUT2D eigenvalue weighted by Gasteiger charge is -2.08. The van der Waals surface area contributed by atoms with Gasteiger partial charge in [-0.1, -0.05) is 12.1 Å². The molecule has 0 saturated carbocycles. The van der Waals surface area contributed by atoms with Crippen LogP contribution in [0.5, 0.6) is 0 Å². The fraction of sp³-hybridized carbons (Fsp3) is 0.400. The van der Waals surface area contributed by atoms with Crippen LogP contribution in [0, 0.1) is 13.0 Å². The summed E-state index contributed by atoms with van der Waals surface area (Å²) >= 11 is 0. The number of hydrogen-bond acceptors (Lipinski definition) is 3. The summed E-state index contributed by atoms with van der Waals surface area (Å²) in [6.45, 7) is 2.37. The van der Waals surface area contributed by atoms with E-state index in [1.165, 1.54) is 13.2 Å². The Labute approximate surface area is 90.3 Å². The van der Waals surface area contributed by atoms with Gasteiger partial charge in [-0.3, -0.25) is 0 Å². The highest BCUT2D eigenvalue weighted by atomic mass is 32.2. The van der Waals surface area contributed by atoms with Crippen molar-refractivity contribution in [2.24, 2.45) is 0 Å². The van der Waals surface area contributed by atoms with Gasteiger partial charge in [-0.05, 0) is 24.6 Å². The second kappa shape index (κ2) is 5.25. The van der Waals surface area contributed by atoms with Crippen molar-refractivity contribution in [2.75, 3.05) is 20.3 Å². The van der Waals surface area contributed by atoms with E-state index in [0.29, 0.717) is 12.2 Å². The first-order chi connectivity index (χ1) is 7.08. The van der Waals surface area contributed by atoms with Gasteiger partial charge in [0, 0.05) is 13.7 Å². The van der Waals surface area contributed by atoms with Gasteiger partial charge in [-0.15, -0.1) is 0 Å². The highest BCUT2D eigenvalue weighted by Crippen LogP contribution is 2.12. The number of benzene rings is 1. The van der Waals surface area contributed by atoms with Crippen LogP contribution in [-0.2, 0) is 14.8 Å². The molecular weight excluding hydrogens is 214 g/mol. The molecule has 0 amide bonds. The fourth-order valence-corrected chi connectivity index (χ4v) is 2.39. The minimum atomic E-state index is -3.41. The van der Waals surface area contributed by atoms with E-state index in [9.17, 15) is 8.42 Å². The number of hydrogen-bond donors (Lipinski definition) is 1. The van der Waals surface area contributed by atoms with E-state index < -0.39 is 10.0 Å². The molecule has 5 heteroatoms. The zero-order chi connectivity index (χ0) is 11.3. The Morgan fingerprint density at radius 3 is 2.87 bits per heavy atom. The summed E-state index contributed by atoms with van der Waals surface area (Å²) in [5.74, 6) is 0. The number of ether oxygens (including phenoxy) is 1. The van der Waals surface area contributed by atoms with E-state index in [0.717, 1.165) is 0 Å². The van der Waals surface area contributed by atoms with Gasteiger partial charge in [0.1, 0.15) is 0 Å². The first kappa shape index (κ1) is 12.2. The molecule has 0 aliphatic carbocycles. The maximum absolute atomic E-state index is 11.7. The molecule has 1 aromatic carbocycles. The van der Waals surface area contributed by atoms with Gasteiger partial charge in [-0.25, -0.2) is 13.1 Å². The van der Waals surface area contributed by atoms with Crippen LogP contribution >= 0.6 is 0 Å². The average Bonchev–Trinajstić information content (AvgIpc) is 2.18. The SMILES string of the molecule is COCCNS(=O)(=O)c1cc[c]cc1C. The van der Waals surface area contributed by atoms with Crippen molar-refractivity contribution in [3.8, 4) is 0 Å². The van der Waals surface area contributed by atoms with E-state index in [1.807, 2.05) is 0 Å². The Hall–Kier alpha value is -0.910. The van der Waals surface area contributed by atoms with Gasteiger partial charge in [0.05, 0.1) is 11.5 Å². The zero-order valence-electron chi connectivity index (χ0n) is 8.78. The summed E-state index contributed by atoms with van der Waals surface area (Å²) < 4.78 is 30.7. The molecule has 1 radical (unpaired) electrons. The molecule has 1 aromatic rings. The van der Waals surface area contributed by atoms with Crippen LogP contribution < -0.4 is 4.72 Å². The first-order valence-electron chi connectivity index (χ1n) is 4.53. The molecule has 1 rings (SSSR count). The minimum Gasteiger partial charge on any atom is -0.383 e. The Kier molecular flexibility index (Phi) is 4.26. The lowest BCUT2D eigenvalue weighted by atomic mass is 10.2. The number of methoxy groups -OCH3 is 1. The molecule has 83 valence electrons. The van der Waals surface area contributed by atoms with Gasteiger partial charge < -0.3 is 4.74 Å². The van der Waals surface area contributed by atoms with Gasteiger partial charge in [0.25, 0.3) is 0 Å². The van der Waals surface area contributed by atoms with Crippen LogP contribution in [0.25, 0.3) is 0 Å². The van der Waals surface area contributed by atoms with Crippen LogP contribution in [-0.4, -0.2) is 28.7 Å². The quantitative estimate of drug-likeness (QED) is 0.755. The summed E-state index contributed by atoms with van der Waals surface area (Å²) in [5.41, 5.74) is 0.683. The summed E-state index contributed by atoms with van der Waals surface area (Å²) in [4.78, 5) is 0.289. The Bertz CT molecular complexity index is 414. The summed E-state index contributed by atoms with van der Waals surface area (Å²) in [6.07, 6.45) is 0. The average molecular weight is 228 g/mol. The topological polar surface area (TPSA) is 55.4 Å². The number of sulfonamides is 1. The van der Waals surface area contributed by atoms with Crippen molar-refractivity contribution in [3.63, 3.8) is 0 Å². The van der Waals surface area contributed by atoms with Crippen molar-refractivity contribution in [1.29, 1.82) is 0 Å². The molecule has 0 unspecified atom stereocenters. The second-order valence-electron chi connectivity index (χ2n) is 3.08. The molecular formula is C10H14NO3S. The minimum absolute atomic E-state index is 0.275. The molecule has 0 aliphatic heterocycles. The maximum Gasteiger partial charge on any atom is 0.240 e. The number of rotatable bonds is 5. The lowest BCUT2D eigenvalue weighted by molar-refractivity contribution is 0.204. The van der Waals surface area contributed by atoms with Gasteiger partial charge in [0.2, 0.25) is 10.0 Å². The highest BCUT2D eigenvalue weighted by molar-refractivity contribution is 7.89. The molecule has 1 N–H and O–H groups in total. The zero-order valence-corrected chi connectivity index (χ0v) is 9.60. The van der Waals surface area contributed by atoms with Gasteiger partial charge in [-0.2, -0.15) is 0 Å². The summed E-state index contributed by atoms with van der Waals surface area (Å²) in [6, 6.07) is 7.58. The van der Waals surface area contributed by atoms with E-state index in [-0.39, 0.29) is 11.4 Å². The summed E-state index contributed by atoms with van der Waals surface area (Å²) in [5, 5.41) is 0. The number of nitrogens with one attached hydrogen (secondary N) is 1. The molecule has 0 saturated heterocycles. The van der Waals surface area contributed by atoms with E-state index in [1.54, 1.807) is 19.1 Å². The standard InChI is InChI=1S/C10H14NO3S/c1-9-5-3-4-6-10(9)15(12,13)11-7-8-14-2/h4-6,11H,7-8H2,1-2H3. The molecule has 0 atom stereocenters. The Balaban J connectivity index is 2.83. The first-order valence-corrected chi connectivity index (χ1v) is 6.01. The van der Waals surface area contributed by atoms with Crippen LogP contribution in [0.15, 0.2) is 23.1 Å². The van der Waals surface area contributed by atoms with E-state index in [2.05, 4.69) is 10.8 Å². The van der Waals surface area contributed by atoms with Crippen LogP contribution in [0.2, 0.25) is 0 Å². The van der Waals surface area contributed by atoms with Gasteiger partial charge >= 0.3 is 0 Å².